The van der Waals surface area contributed by atoms with Crippen LogP contribution < -0.4 is 0 Å². The molecule has 5 nitrogen and oxygen atoms in total. The average molecular weight is 426 g/mol. The van der Waals surface area contributed by atoms with Crippen LogP contribution in [0.5, 0.6) is 0 Å². The van der Waals surface area contributed by atoms with E-state index in [0.29, 0.717) is 42.3 Å². The van der Waals surface area contributed by atoms with Crippen molar-refractivity contribution < 1.29 is 19.1 Å². The smallest absolute Gasteiger partial charge is 0.306 e. The molecule has 1 N–H and O–H groups in total. The summed E-state index contributed by atoms with van der Waals surface area (Å²) in [5, 5.41) is 10.8. The number of carboxylic acid groups (broad SMARTS) is 1. The summed E-state index contributed by atoms with van der Waals surface area (Å²) >= 11 is 5.99. The highest BCUT2D eigenvalue weighted by Crippen LogP contribution is 2.33. The van der Waals surface area contributed by atoms with Gasteiger partial charge in [-0.3, -0.25) is 9.59 Å². The number of likely N-dealkylation sites (tertiary alicyclic amines) is 1. The van der Waals surface area contributed by atoms with E-state index in [1.165, 1.54) is 0 Å². The molecule has 1 fully saturated rings. The SMILES string of the molecule is CCCc1c(C(=O)N2CCC(C(=O)O)CC2)oc2cc(-c3ccc(Cl)cc3)ccc12. The lowest BCUT2D eigenvalue weighted by atomic mass is 9.96. The van der Waals surface area contributed by atoms with Gasteiger partial charge < -0.3 is 14.4 Å². The van der Waals surface area contributed by atoms with Gasteiger partial charge in [0.15, 0.2) is 5.76 Å². The molecule has 2 aromatic carbocycles. The minimum atomic E-state index is -0.785. The molecule has 1 aliphatic rings. The summed E-state index contributed by atoms with van der Waals surface area (Å²) in [6, 6.07) is 13.6. The first-order valence-corrected chi connectivity index (χ1v) is 10.7. The number of carbonyl (C=O) groups is 2. The molecule has 2 heterocycles. The number of hydrogen-bond acceptors (Lipinski definition) is 3. The number of amides is 1. The van der Waals surface area contributed by atoms with Crippen molar-refractivity contribution in [1.82, 2.24) is 4.90 Å². The number of carbonyl (C=O) groups excluding carboxylic acids is 1. The fraction of sp³-hybridized carbons (Fsp3) is 0.333. The van der Waals surface area contributed by atoms with Gasteiger partial charge in [0.05, 0.1) is 5.92 Å². The Kier molecular flexibility index (Phi) is 5.82. The van der Waals surface area contributed by atoms with Crippen LogP contribution in [0.15, 0.2) is 46.9 Å². The minimum absolute atomic E-state index is 0.147. The van der Waals surface area contributed by atoms with Gasteiger partial charge in [-0.25, -0.2) is 0 Å². The summed E-state index contributed by atoms with van der Waals surface area (Å²) in [6.07, 6.45) is 2.60. The average Bonchev–Trinajstić information content (AvgIpc) is 3.12. The van der Waals surface area contributed by atoms with Crippen molar-refractivity contribution in [1.29, 1.82) is 0 Å². The van der Waals surface area contributed by atoms with Crippen LogP contribution in [0.2, 0.25) is 5.02 Å². The first-order chi connectivity index (χ1) is 14.5. The van der Waals surface area contributed by atoms with E-state index in [2.05, 4.69) is 6.92 Å². The molecule has 0 aliphatic carbocycles. The third-order valence-electron chi connectivity index (χ3n) is 5.80. The zero-order chi connectivity index (χ0) is 21.3. The second-order valence-corrected chi connectivity index (χ2v) is 8.22. The maximum atomic E-state index is 13.2. The number of aryl methyl sites for hydroxylation is 1. The molecule has 0 spiro atoms. The molecule has 6 heteroatoms. The predicted octanol–water partition coefficient (Wildman–Crippen LogP) is 5.64. The van der Waals surface area contributed by atoms with E-state index in [9.17, 15) is 14.7 Å². The number of aliphatic carboxylic acids is 1. The Bertz CT molecular complexity index is 1080. The molecule has 3 aromatic rings. The predicted molar refractivity (Wildman–Crippen MR) is 117 cm³/mol. The van der Waals surface area contributed by atoms with Crippen LogP contribution in [0.3, 0.4) is 0 Å². The maximum Gasteiger partial charge on any atom is 0.306 e. The van der Waals surface area contributed by atoms with Crippen LogP contribution in [-0.4, -0.2) is 35.0 Å². The first-order valence-electron chi connectivity index (χ1n) is 10.3. The summed E-state index contributed by atoms with van der Waals surface area (Å²) in [5.41, 5.74) is 3.64. The fourth-order valence-corrected chi connectivity index (χ4v) is 4.24. The van der Waals surface area contributed by atoms with Gasteiger partial charge in [-0.15, -0.1) is 0 Å². The Hall–Kier alpha value is -2.79. The molecular weight excluding hydrogens is 402 g/mol. The molecule has 4 rings (SSSR count). The molecule has 0 atom stereocenters. The van der Waals surface area contributed by atoms with Crippen LogP contribution in [0.1, 0.15) is 42.3 Å². The lowest BCUT2D eigenvalue weighted by Crippen LogP contribution is -2.40. The highest BCUT2D eigenvalue weighted by atomic mass is 35.5. The molecule has 1 aromatic heterocycles. The highest BCUT2D eigenvalue weighted by molar-refractivity contribution is 6.30. The molecule has 1 amide bonds. The lowest BCUT2D eigenvalue weighted by molar-refractivity contribution is -0.143. The topological polar surface area (TPSA) is 70.8 Å². The standard InChI is InChI=1S/C24H24ClNO4/c1-2-3-20-19-9-6-17(15-4-7-18(25)8-5-15)14-21(19)30-22(20)23(27)26-12-10-16(11-13-26)24(28)29/h4-9,14,16H,2-3,10-13H2,1H3,(H,28,29). The molecule has 156 valence electrons. The number of halogens is 1. The van der Waals surface area contributed by atoms with Crippen molar-refractivity contribution in [3.8, 4) is 11.1 Å². The van der Waals surface area contributed by atoms with Gasteiger partial charge in [0.25, 0.3) is 5.91 Å². The van der Waals surface area contributed by atoms with Crippen LogP contribution in [0, 0.1) is 5.92 Å². The van der Waals surface area contributed by atoms with Crippen LogP contribution in [0.25, 0.3) is 22.1 Å². The van der Waals surface area contributed by atoms with E-state index in [4.69, 9.17) is 16.0 Å². The lowest BCUT2D eigenvalue weighted by Gasteiger charge is -2.29. The number of benzene rings is 2. The molecule has 0 saturated carbocycles. The molecular formula is C24H24ClNO4. The molecule has 30 heavy (non-hydrogen) atoms. The van der Waals surface area contributed by atoms with Gasteiger partial charge >= 0.3 is 5.97 Å². The Morgan fingerprint density at radius 2 is 1.77 bits per heavy atom. The summed E-state index contributed by atoms with van der Waals surface area (Å²) in [7, 11) is 0. The second-order valence-electron chi connectivity index (χ2n) is 7.78. The van der Waals surface area contributed by atoms with Crippen LogP contribution >= 0.6 is 11.6 Å². The van der Waals surface area contributed by atoms with E-state index >= 15 is 0 Å². The van der Waals surface area contributed by atoms with E-state index in [1.54, 1.807) is 4.90 Å². The Balaban J connectivity index is 1.67. The number of piperidine rings is 1. The maximum absolute atomic E-state index is 13.2. The van der Waals surface area contributed by atoms with Gasteiger partial charge in [-0.1, -0.05) is 49.2 Å². The number of hydrogen-bond donors (Lipinski definition) is 1. The van der Waals surface area contributed by atoms with Crippen molar-refractivity contribution in [3.05, 3.63) is 58.8 Å². The number of rotatable bonds is 5. The van der Waals surface area contributed by atoms with Gasteiger partial charge in [0, 0.05) is 29.1 Å². The molecule has 0 unspecified atom stereocenters. The van der Waals surface area contributed by atoms with E-state index < -0.39 is 5.97 Å². The number of nitrogens with zero attached hydrogens (tertiary/aromatic N) is 1. The monoisotopic (exact) mass is 425 g/mol. The quantitative estimate of drug-likeness (QED) is 0.574. The summed E-state index contributed by atoms with van der Waals surface area (Å²) in [5.74, 6) is -0.922. The summed E-state index contributed by atoms with van der Waals surface area (Å²) in [4.78, 5) is 26.1. The Labute approximate surface area is 180 Å². The second kappa shape index (κ2) is 8.52. The van der Waals surface area contributed by atoms with Crippen molar-refractivity contribution >= 4 is 34.4 Å². The normalized spacial score (nSPS) is 14.9. The van der Waals surface area contributed by atoms with Crippen LogP contribution in [0.4, 0.5) is 0 Å². The van der Waals surface area contributed by atoms with E-state index in [1.807, 2.05) is 42.5 Å². The Morgan fingerprint density at radius 1 is 1.10 bits per heavy atom. The number of furan rings is 1. The summed E-state index contributed by atoms with van der Waals surface area (Å²) < 4.78 is 6.09. The zero-order valence-corrected chi connectivity index (χ0v) is 17.6. The number of fused-ring (bicyclic) bond motifs is 1. The van der Waals surface area contributed by atoms with Crippen molar-refractivity contribution in [2.75, 3.05) is 13.1 Å². The van der Waals surface area contributed by atoms with Crippen molar-refractivity contribution in [2.45, 2.75) is 32.6 Å². The minimum Gasteiger partial charge on any atom is -0.481 e. The summed E-state index contributed by atoms with van der Waals surface area (Å²) in [6.45, 7) is 2.95. The first kappa shape index (κ1) is 20.5. The van der Waals surface area contributed by atoms with Gasteiger partial charge in [0.1, 0.15) is 5.58 Å². The fourth-order valence-electron chi connectivity index (χ4n) is 4.12. The third kappa shape index (κ3) is 3.94. The highest BCUT2D eigenvalue weighted by Gasteiger charge is 2.30. The number of carboxylic acids is 1. The third-order valence-corrected chi connectivity index (χ3v) is 6.05. The molecule has 1 aliphatic heterocycles. The molecule has 0 radical (unpaired) electrons. The van der Waals surface area contributed by atoms with Crippen molar-refractivity contribution in [3.63, 3.8) is 0 Å². The zero-order valence-electron chi connectivity index (χ0n) is 16.9. The molecule has 0 bridgehead atoms. The van der Waals surface area contributed by atoms with Gasteiger partial charge in [-0.2, -0.15) is 0 Å². The van der Waals surface area contributed by atoms with Crippen LogP contribution in [-0.2, 0) is 11.2 Å². The van der Waals surface area contributed by atoms with Gasteiger partial charge in [0.2, 0.25) is 0 Å². The Morgan fingerprint density at radius 3 is 2.40 bits per heavy atom. The molecule has 1 saturated heterocycles. The largest absolute Gasteiger partial charge is 0.481 e. The van der Waals surface area contributed by atoms with Crippen molar-refractivity contribution in [2.24, 2.45) is 5.92 Å². The van der Waals surface area contributed by atoms with Gasteiger partial charge in [-0.05, 0) is 48.6 Å². The van der Waals surface area contributed by atoms with E-state index in [-0.39, 0.29) is 11.8 Å². The van der Waals surface area contributed by atoms with E-state index in [0.717, 1.165) is 34.9 Å².